The highest BCUT2D eigenvalue weighted by Gasteiger charge is 2.51. The van der Waals surface area contributed by atoms with Crippen LogP contribution in [0.3, 0.4) is 0 Å². The lowest BCUT2D eigenvalue weighted by Gasteiger charge is -2.29. The molecule has 0 unspecified atom stereocenters. The van der Waals surface area contributed by atoms with E-state index in [-0.39, 0.29) is 6.61 Å². The second kappa shape index (κ2) is 14.5. The first-order chi connectivity index (χ1) is 25.4. The fraction of sp³-hybridized carbons (Fsp3) is 0.341. The topological polar surface area (TPSA) is 89.8 Å². The third-order valence-corrected chi connectivity index (χ3v) is 10.00. The molecule has 7 rings (SSSR count). The summed E-state index contributed by atoms with van der Waals surface area (Å²) in [6.07, 6.45) is 0.919. The summed E-state index contributed by atoms with van der Waals surface area (Å²) >= 11 is 0. The lowest BCUT2D eigenvalue weighted by molar-refractivity contribution is -0.0437. The van der Waals surface area contributed by atoms with E-state index in [0.717, 1.165) is 61.9 Å². The number of nitrogens with zero attached hydrogens (tertiary/aromatic N) is 4. The number of hydrogen-bond donors (Lipinski definition) is 0. The minimum Gasteiger partial charge on any atom is -0.497 e. The zero-order valence-electron chi connectivity index (χ0n) is 32.3. The predicted octanol–water partition coefficient (Wildman–Crippen LogP) is 9.15. The Kier molecular flexibility index (Phi) is 9.87. The van der Waals surface area contributed by atoms with Crippen LogP contribution in [-0.4, -0.2) is 51.5 Å². The van der Waals surface area contributed by atoms with Crippen LogP contribution in [0.1, 0.15) is 56.3 Å². The second-order valence-electron chi connectivity index (χ2n) is 14.5. The highest BCUT2D eigenvalue weighted by molar-refractivity contribution is 5.87. The molecule has 53 heavy (non-hydrogen) atoms. The Balaban J connectivity index is 1.36. The molecule has 1 saturated heterocycles. The molecule has 4 aromatic carbocycles. The average molecular weight is 713 g/mol. The molecule has 0 bridgehead atoms. The molecular formula is C44H48N4O5. The van der Waals surface area contributed by atoms with Gasteiger partial charge in [0, 0.05) is 5.56 Å². The van der Waals surface area contributed by atoms with E-state index in [1.165, 1.54) is 16.7 Å². The molecule has 6 aromatic rings. The Morgan fingerprint density at radius 1 is 0.623 bits per heavy atom. The maximum Gasteiger partial charge on any atom is 0.183 e. The van der Waals surface area contributed by atoms with Crippen molar-refractivity contribution in [1.82, 2.24) is 19.5 Å². The van der Waals surface area contributed by atoms with Crippen LogP contribution in [0.5, 0.6) is 23.0 Å². The quantitative estimate of drug-likeness (QED) is 0.139. The van der Waals surface area contributed by atoms with E-state index in [9.17, 15) is 0 Å². The van der Waals surface area contributed by atoms with Crippen molar-refractivity contribution in [2.24, 2.45) is 0 Å². The number of imidazole rings is 1. The lowest BCUT2D eigenvalue weighted by atomic mass is 10.0. The standard InChI is InChI=1S/C44H48N4O5/c1-24-15-27(4)38(28(5)16-24)50-21-35-41(52-39-29(6)17-25(2)18-30(39)7)42(53-40-31(8)19-26(3)20-32(40)9)44(51-35)48-23-47-37-36(45-22-46-43(37)48)33-11-13-34(49-10)14-12-33/h11-20,22-23,35,41-42,44H,21H2,1-10H3/t35-,41-,42-,44-/m1/s1. The molecule has 1 aliphatic rings. The Morgan fingerprint density at radius 2 is 1.13 bits per heavy atom. The van der Waals surface area contributed by atoms with Crippen LogP contribution in [-0.2, 0) is 4.74 Å². The Hall–Kier alpha value is -5.41. The zero-order valence-corrected chi connectivity index (χ0v) is 32.3. The average Bonchev–Trinajstić information content (AvgIpc) is 3.68. The van der Waals surface area contributed by atoms with Crippen LogP contribution in [0.2, 0.25) is 0 Å². The number of aryl methyl sites for hydroxylation is 9. The maximum atomic E-state index is 7.14. The molecule has 0 N–H and O–H groups in total. The lowest BCUT2D eigenvalue weighted by Crippen LogP contribution is -2.43. The molecule has 0 radical (unpaired) electrons. The van der Waals surface area contributed by atoms with Gasteiger partial charge in [0.2, 0.25) is 0 Å². The highest BCUT2D eigenvalue weighted by Crippen LogP contribution is 2.41. The molecule has 274 valence electrons. The summed E-state index contributed by atoms with van der Waals surface area (Å²) in [7, 11) is 1.65. The smallest absolute Gasteiger partial charge is 0.183 e. The number of rotatable bonds is 10. The number of methoxy groups -OCH3 is 1. The first-order valence-electron chi connectivity index (χ1n) is 18.1. The predicted molar refractivity (Wildman–Crippen MR) is 208 cm³/mol. The molecule has 1 aliphatic heterocycles. The van der Waals surface area contributed by atoms with Gasteiger partial charge >= 0.3 is 0 Å². The molecule has 0 amide bonds. The largest absolute Gasteiger partial charge is 0.497 e. The summed E-state index contributed by atoms with van der Waals surface area (Å²) in [6, 6.07) is 20.6. The van der Waals surface area contributed by atoms with Crippen molar-refractivity contribution < 1.29 is 23.7 Å². The summed E-state index contributed by atoms with van der Waals surface area (Å²) in [5.41, 5.74) is 12.7. The van der Waals surface area contributed by atoms with Crippen molar-refractivity contribution in [3.63, 3.8) is 0 Å². The van der Waals surface area contributed by atoms with E-state index in [2.05, 4.69) is 104 Å². The van der Waals surface area contributed by atoms with E-state index in [0.29, 0.717) is 16.9 Å². The van der Waals surface area contributed by atoms with Gasteiger partial charge in [-0.2, -0.15) is 0 Å². The van der Waals surface area contributed by atoms with Gasteiger partial charge < -0.3 is 23.7 Å². The normalized spacial score (nSPS) is 18.4. The minimum absolute atomic E-state index is 0.236. The molecule has 9 nitrogen and oxygen atoms in total. The van der Waals surface area contributed by atoms with Gasteiger partial charge in [0.25, 0.3) is 0 Å². The first kappa shape index (κ1) is 36.0. The van der Waals surface area contributed by atoms with E-state index in [1.807, 2.05) is 28.8 Å². The molecule has 3 heterocycles. The minimum atomic E-state index is -0.677. The van der Waals surface area contributed by atoms with E-state index in [4.69, 9.17) is 33.7 Å². The van der Waals surface area contributed by atoms with E-state index in [1.54, 1.807) is 19.8 Å². The van der Waals surface area contributed by atoms with Crippen molar-refractivity contribution in [3.05, 3.63) is 123 Å². The monoisotopic (exact) mass is 712 g/mol. The van der Waals surface area contributed by atoms with Gasteiger partial charge in [-0.25, -0.2) is 15.0 Å². The first-order valence-corrected chi connectivity index (χ1v) is 18.1. The molecule has 1 fully saturated rings. The van der Waals surface area contributed by atoms with Crippen LogP contribution >= 0.6 is 0 Å². The van der Waals surface area contributed by atoms with Crippen molar-refractivity contribution in [2.75, 3.05) is 13.7 Å². The summed E-state index contributed by atoms with van der Waals surface area (Å²) in [6.45, 7) is 19.0. The number of aromatic nitrogens is 4. The van der Waals surface area contributed by atoms with Crippen LogP contribution in [0.4, 0.5) is 0 Å². The second-order valence-corrected chi connectivity index (χ2v) is 14.5. The third kappa shape index (κ3) is 7.05. The fourth-order valence-electron chi connectivity index (χ4n) is 7.87. The Bertz CT molecular complexity index is 2230. The Labute approximate surface area is 311 Å². The van der Waals surface area contributed by atoms with E-state index >= 15 is 0 Å². The summed E-state index contributed by atoms with van der Waals surface area (Å²) in [5, 5.41) is 0. The SMILES string of the molecule is COc1ccc(-c2ncnc3c2ncn3[C@@H]2O[C@H](COc3c(C)cc(C)cc3C)[C@@H](Oc3c(C)cc(C)cc3C)[C@H]2Oc2c(C)cc(C)cc2C)cc1. The van der Waals surface area contributed by atoms with Gasteiger partial charge in [0.15, 0.2) is 24.1 Å². The summed E-state index contributed by atoms with van der Waals surface area (Å²) in [5.74, 6) is 3.21. The summed E-state index contributed by atoms with van der Waals surface area (Å²) < 4.78 is 35.3. The molecule has 0 saturated carbocycles. The maximum absolute atomic E-state index is 7.14. The molecule has 2 aromatic heterocycles. The van der Waals surface area contributed by atoms with Gasteiger partial charge in [0.1, 0.15) is 53.2 Å². The van der Waals surface area contributed by atoms with Crippen LogP contribution < -0.4 is 18.9 Å². The zero-order chi connectivity index (χ0) is 37.6. The van der Waals surface area contributed by atoms with Crippen LogP contribution in [0.25, 0.3) is 22.4 Å². The van der Waals surface area contributed by atoms with Gasteiger partial charge in [-0.05, 0) is 120 Å². The number of hydrogen-bond acceptors (Lipinski definition) is 8. The molecular weight excluding hydrogens is 665 g/mol. The number of fused-ring (bicyclic) bond motifs is 1. The van der Waals surface area contributed by atoms with Crippen molar-refractivity contribution in [2.45, 2.75) is 86.9 Å². The number of benzene rings is 4. The molecule has 0 aliphatic carbocycles. The van der Waals surface area contributed by atoms with Crippen molar-refractivity contribution in [1.29, 1.82) is 0 Å². The van der Waals surface area contributed by atoms with Gasteiger partial charge in [-0.3, -0.25) is 4.57 Å². The molecule has 0 spiro atoms. The number of ether oxygens (including phenoxy) is 5. The fourth-order valence-corrected chi connectivity index (χ4v) is 7.87. The van der Waals surface area contributed by atoms with Gasteiger partial charge in [-0.15, -0.1) is 0 Å². The molecule has 9 heteroatoms. The highest BCUT2D eigenvalue weighted by atomic mass is 16.6. The Morgan fingerprint density at radius 3 is 1.66 bits per heavy atom. The molecule has 4 atom stereocenters. The summed E-state index contributed by atoms with van der Waals surface area (Å²) in [4.78, 5) is 14.3. The van der Waals surface area contributed by atoms with Crippen molar-refractivity contribution >= 4 is 11.2 Å². The van der Waals surface area contributed by atoms with Crippen LogP contribution in [0, 0.1) is 62.3 Å². The van der Waals surface area contributed by atoms with Crippen molar-refractivity contribution in [3.8, 4) is 34.3 Å². The van der Waals surface area contributed by atoms with Gasteiger partial charge in [-0.1, -0.05) is 53.1 Å². The van der Waals surface area contributed by atoms with Crippen LogP contribution in [0.15, 0.2) is 73.3 Å². The third-order valence-electron chi connectivity index (χ3n) is 10.00. The van der Waals surface area contributed by atoms with Gasteiger partial charge in [0.05, 0.1) is 13.4 Å². The van der Waals surface area contributed by atoms with E-state index < -0.39 is 24.5 Å².